The lowest BCUT2D eigenvalue weighted by Gasteiger charge is -2.48. The van der Waals surface area contributed by atoms with Gasteiger partial charge in [-0.25, -0.2) is 0 Å². The number of rotatable bonds is 51. The van der Waals surface area contributed by atoms with Crippen molar-refractivity contribution in [3.8, 4) is 0 Å². The molecule has 0 N–H and O–H groups in total. The molecule has 6 unspecified atom stereocenters. The van der Waals surface area contributed by atoms with Crippen molar-refractivity contribution < 1.29 is 13.6 Å². The van der Waals surface area contributed by atoms with Crippen LogP contribution in [0.4, 0.5) is 0 Å². The van der Waals surface area contributed by atoms with Gasteiger partial charge in [0.15, 0.2) is 0 Å². The first kappa shape index (κ1) is 94.4. The van der Waals surface area contributed by atoms with E-state index in [9.17, 15) is 0 Å². The van der Waals surface area contributed by atoms with E-state index in [0.717, 1.165) is 248 Å². The Morgan fingerprint density at radius 2 is 0.379 bits per heavy atom. The normalized spacial score (nSPS) is 18.9. The average Bonchev–Trinajstić information content (AvgIpc) is 0.719. The van der Waals surface area contributed by atoms with Crippen molar-refractivity contribution in [2.45, 2.75) is 348 Å². The van der Waals surface area contributed by atoms with E-state index in [2.05, 4.69) is 338 Å². The maximum atomic E-state index is 9.04. The molecule has 0 aromatic heterocycles. The third-order valence-corrected chi connectivity index (χ3v) is 28.7. The van der Waals surface area contributed by atoms with Crippen LogP contribution in [0.1, 0.15) is 372 Å². The van der Waals surface area contributed by atoms with Crippen LogP contribution in [0.3, 0.4) is 0 Å². The molecule has 0 heterocycles. The Labute approximate surface area is 754 Å². The summed E-state index contributed by atoms with van der Waals surface area (Å²) >= 11 is 0. The summed E-state index contributed by atoms with van der Waals surface area (Å²) in [6, 6.07) is 79.7. The van der Waals surface area contributed by atoms with Crippen LogP contribution in [0.2, 0.25) is 0 Å². The fourth-order valence-electron chi connectivity index (χ4n) is 21.5. The minimum Gasteiger partial charge on any atom is -0.412 e. The van der Waals surface area contributed by atoms with Crippen molar-refractivity contribution >= 4 is 8.60 Å². The first-order valence-corrected chi connectivity index (χ1v) is 51.0. The second kappa shape index (κ2) is 48.3. The van der Waals surface area contributed by atoms with Gasteiger partial charge in [0.1, 0.15) is 17.3 Å². The summed E-state index contributed by atoms with van der Waals surface area (Å²) in [5.41, 5.74) is 27.1. The van der Waals surface area contributed by atoms with E-state index in [1.165, 1.54) is 117 Å². The van der Waals surface area contributed by atoms with Gasteiger partial charge in [-0.1, -0.05) is 397 Å². The topological polar surface area (TPSA) is 27.7 Å². The van der Waals surface area contributed by atoms with Gasteiger partial charge in [0, 0.05) is 0 Å². The Morgan fingerprint density at radius 3 is 0.556 bits per heavy atom. The Hall–Kier alpha value is -8.75. The lowest BCUT2D eigenvalue weighted by atomic mass is 9.57. The third kappa shape index (κ3) is 21.4. The summed E-state index contributed by atoms with van der Waals surface area (Å²) < 4.78 is 27.1. The first-order chi connectivity index (χ1) is 61.1. The Bertz CT molecular complexity index is 4340. The molecule has 3 aliphatic carbocycles. The highest BCUT2D eigenvalue weighted by Gasteiger charge is 2.55. The van der Waals surface area contributed by atoms with E-state index >= 15 is 0 Å². The first-order valence-electron chi connectivity index (χ1n) is 49.9. The average molecular weight is 1670 g/mol. The van der Waals surface area contributed by atoms with Crippen LogP contribution in [0, 0.1) is 0 Å². The van der Waals surface area contributed by atoms with Crippen molar-refractivity contribution in [3.05, 3.63) is 389 Å². The van der Waals surface area contributed by atoms with E-state index in [4.69, 9.17) is 13.6 Å². The van der Waals surface area contributed by atoms with E-state index in [1.54, 1.807) is 0 Å². The van der Waals surface area contributed by atoms with Crippen LogP contribution >= 0.6 is 8.60 Å². The molecular formula is C120H153O3P. The lowest BCUT2D eigenvalue weighted by Crippen LogP contribution is -2.40. The number of aryl methyl sites for hydroxylation is 12. The number of benzene rings is 9. The molecule has 12 rings (SSSR count). The van der Waals surface area contributed by atoms with Gasteiger partial charge in [0.2, 0.25) is 0 Å². The zero-order valence-electron chi connectivity index (χ0n) is 78.6. The smallest absolute Gasteiger partial charge is 0.412 e. The predicted molar refractivity (Wildman–Crippen MR) is 534 cm³/mol. The van der Waals surface area contributed by atoms with Crippen molar-refractivity contribution in [2.24, 2.45) is 0 Å². The summed E-state index contributed by atoms with van der Waals surface area (Å²) in [5, 5.41) is 0. The summed E-state index contributed by atoms with van der Waals surface area (Å²) in [6.07, 6.45) is 60.0. The van der Waals surface area contributed by atoms with Crippen LogP contribution in [-0.4, -0.2) is 0 Å². The van der Waals surface area contributed by atoms with Crippen LogP contribution in [-0.2, 0) is 107 Å². The highest BCUT2D eigenvalue weighted by atomic mass is 31.2. The number of unbranched alkanes of at least 4 members (excludes halogenated alkanes) is 12. The number of hydrogen-bond donors (Lipinski definition) is 0. The van der Waals surface area contributed by atoms with Gasteiger partial charge in [-0.05, 0) is 289 Å². The zero-order chi connectivity index (χ0) is 86.9. The lowest BCUT2D eigenvalue weighted by molar-refractivity contribution is 0.210. The summed E-state index contributed by atoms with van der Waals surface area (Å²) in [7, 11) is -2.55. The minimum absolute atomic E-state index is 0.372. The molecule has 9 aromatic carbocycles. The standard InChI is InChI=1S/C120H153O3P/c1-13-25-55-91-67-46-68-92(56-26-14-2)109(91)115-106(85-52-88-118(115,103-79-40-37-41-80-103)112-97(61-31-19-7)73-49-74-98(112)62-32-20-8)121-124(122-107-86-53-89-119(104-81-42-38-43-82-104,113-99(63-33-21-9)75-50-76-100(113)64-34-22-10)116(107)110-93(57-27-15-3)69-47-70-94(110)58-28-16-4)123-108-87-54-90-120(105-83-44-39-45-84-105,114-101(65-35-23-11)77-51-78-102(114)66-36-24-12)117(108)111-95(59-29-17-5)71-48-72-96(111)60-30-18-6/h37-54,67-90,115-117H,13-36,55-66H2,1-12H3. The van der Waals surface area contributed by atoms with Crippen LogP contribution in [0.25, 0.3) is 0 Å². The molecule has 124 heavy (non-hydrogen) atoms. The zero-order valence-corrected chi connectivity index (χ0v) is 79.5. The summed E-state index contributed by atoms with van der Waals surface area (Å²) in [4.78, 5) is 0. The molecule has 0 saturated heterocycles. The minimum atomic E-state index is -2.55. The molecule has 0 bridgehead atoms. The molecule has 0 aliphatic heterocycles. The van der Waals surface area contributed by atoms with E-state index in [-0.39, 0.29) is 17.8 Å². The second-order valence-corrected chi connectivity index (χ2v) is 37.3. The molecule has 6 atom stereocenters. The monoisotopic (exact) mass is 1670 g/mol. The molecule has 656 valence electrons. The molecule has 3 nitrogen and oxygen atoms in total. The van der Waals surface area contributed by atoms with Gasteiger partial charge in [0.05, 0.1) is 34.0 Å². The maximum Gasteiger partial charge on any atom is 0.529 e. The van der Waals surface area contributed by atoms with Gasteiger partial charge < -0.3 is 13.6 Å². The van der Waals surface area contributed by atoms with Gasteiger partial charge >= 0.3 is 8.60 Å². The molecule has 0 amide bonds. The second-order valence-electron chi connectivity index (χ2n) is 36.4. The fraction of sp³-hybridized carbons (Fsp3) is 0.450. The van der Waals surface area contributed by atoms with Gasteiger partial charge in [0.25, 0.3) is 0 Å². The Kier molecular flexibility index (Phi) is 36.7. The predicted octanol–water partition coefficient (Wildman–Crippen LogP) is 34.0. The highest BCUT2D eigenvalue weighted by Crippen LogP contribution is 2.65. The molecule has 0 fully saturated rings. The maximum absolute atomic E-state index is 9.04. The third-order valence-electron chi connectivity index (χ3n) is 27.6. The van der Waals surface area contributed by atoms with Crippen LogP contribution in [0.5, 0.6) is 0 Å². The van der Waals surface area contributed by atoms with E-state index < -0.39 is 24.8 Å². The summed E-state index contributed by atoms with van der Waals surface area (Å²) in [5.74, 6) is 1.55. The largest absolute Gasteiger partial charge is 0.529 e. The quantitative estimate of drug-likeness (QED) is 0.0356. The SMILES string of the molecule is CCCCc1cccc(CCCC)c1C1C(OP(OC2=CC=CC(c3ccccc3)(c3c(CCCC)cccc3CCCC)C2c2c(CCCC)cccc2CCCC)OC2=CC=CC(c3ccccc3)(c3c(CCCC)cccc3CCCC)C2c2c(CCCC)cccc2CCCC)=CC=CC1(c1ccccc1)c1c(CCCC)cccc1CCCC. The fourth-order valence-corrected chi connectivity index (χ4v) is 22.6. The van der Waals surface area contributed by atoms with Crippen molar-refractivity contribution in [3.63, 3.8) is 0 Å². The van der Waals surface area contributed by atoms with Gasteiger partial charge in [-0.15, -0.1) is 0 Å². The molecule has 0 spiro atoms. The van der Waals surface area contributed by atoms with Crippen LogP contribution < -0.4 is 0 Å². The molecule has 0 saturated carbocycles. The van der Waals surface area contributed by atoms with Gasteiger partial charge in [-0.3, -0.25) is 0 Å². The van der Waals surface area contributed by atoms with Crippen molar-refractivity contribution in [2.75, 3.05) is 0 Å². The van der Waals surface area contributed by atoms with E-state index in [1.807, 2.05) is 0 Å². The Balaban J connectivity index is 1.26. The van der Waals surface area contributed by atoms with Gasteiger partial charge in [-0.2, -0.15) is 0 Å². The van der Waals surface area contributed by atoms with Crippen LogP contribution in [0.15, 0.2) is 272 Å². The number of allylic oxidation sites excluding steroid dienone is 12. The summed E-state index contributed by atoms with van der Waals surface area (Å²) in [6.45, 7) is 28.5. The highest BCUT2D eigenvalue weighted by molar-refractivity contribution is 7.42. The molecular weight excluding hydrogens is 1520 g/mol. The molecule has 4 heteroatoms. The Morgan fingerprint density at radius 1 is 0.210 bits per heavy atom. The van der Waals surface area contributed by atoms with E-state index in [0.29, 0.717) is 0 Å². The molecule has 9 aromatic rings. The number of hydrogen-bond acceptors (Lipinski definition) is 3. The van der Waals surface area contributed by atoms with Crippen molar-refractivity contribution in [1.29, 1.82) is 0 Å². The van der Waals surface area contributed by atoms with Crippen molar-refractivity contribution in [1.82, 2.24) is 0 Å². The molecule has 3 aliphatic rings. The molecule has 0 radical (unpaired) electrons.